The summed E-state index contributed by atoms with van der Waals surface area (Å²) in [7, 11) is 0. The van der Waals surface area contributed by atoms with E-state index in [9.17, 15) is 0 Å². The van der Waals surface area contributed by atoms with Gasteiger partial charge in [0, 0.05) is 0 Å². The molecule has 0 bridgehead atoms. The smallest absolute Gasteiger partial charge is 0.0890 e. The topological polar surface area (TPSA) is 51.8 Å². The summed E-state index contributed by atoms with van der Waals surface area (Å²) in [6, 6.07) is 14.2. The van der Waals surface area contributed by atoms with Crippen molar-refractivity contribution in [1.29, 1.82) is 0 Å². The van der Waals surface area contributed by atoms with Crippen molar-refractivity contribution in [3.8, 4) is 0 Å². The summed E-state index contributed by atoms with van der Waals surface area (Å²) in [6.45, 7) is 4.22. The fraction of sp³-hybridized carbons (Fsp3) is 0.222. The maximum Gasteiger partial charge on any atom is 0.0890 e. The standard InChI is InChI=1S/C18H19N3/c1-12-7-8-13(2)14(9-12)10-15(19)18-11-20-16-5-3-4-6-17(16)21-18/h3-9,11,15H,10,19H2,1-2H3. The van der Waals surface area contributed by atoms with Gasteiger partial charge in [-0.25, -0.2) is 4.98 Å². The first-order chi connectivity index (χ1) is 10.1. The maximum absolute atomic E-state index is 6.33. The summed E-state index contributed by atoms with van der Waals surface area (Å²) in [5, 5.41) is 0. The molecule has 0 fully saturated rings. The summed E-state index contributed by atoms with van der Waals surface area (Å²) in [5.74, 6) is 0. The average Bonchev–Trinajstić information content (AvgIpc) is 2.50. The lowest BCUT2D eigenvalue weighted by Crippen LogP contribution is -2.16. The molecule has 106 valence electrons. The van der Waals surface area contributed by atoms with E-state index in [0.717, 1.165) is 23.1 Å². The highest BCUT2D eigenvalue weighted by atomic mass is 14.8. The first-order valence-electron chi connectivity index (χ1n) is 7.17. The summed E-state index contributed by atoms with van der Waals surface area (Å²) in [4.78, 5) is 9.08. The molecule has 0 radical (unpaired) electrons. The molecular weight excluding hydrogens is 258 g/mol. The van der Waals surface area contributed by atoms with E-state index >= 15 is 0 Å². The van der Waals surface area contributed by atoms with Gasteiger partial charge in [-0.3, -0.25) is 4.98 Å². The average molecular weight is 277 g/mol. The molecule has 0 amide bonds. The Morgan fingerprint density at radius 2 is 1.81 bits per heavy atom. The molecule has 0 aliphatic rings. The number of nitrogens with zero attached hydrogens (tertiary/aromatic N) is 2. The molecular formula is C18H19N3. The van der Waals surface area contributed by atoms with E-state index in [4.69, 9.17) is 5.73 Å². The molecule has 0 saturated heterocycles. The fourth-order valence-corrected chi connectivity index (χ4v) is 2.51. The zero-order valence-corrected chi connectivity index (χ0v) is 12.4. The molecule has 3 heteroatoms. The molecule has 0 spiro atoms. The summed E-state index contributed by atoms with van der Waals surface area (Å²) in [5.41, 5.74) is 12.8. The molecule has 0 saturated carbocycles. The van der Waals surface area contributed by atoms with Gasteiger partial charge in [-0.1, -0.05) is 35.9 Å². The number of fused-ring (bicyclic) bond motifs is 1. The molecule has 0 aliphatic heterocycles. The Morgan fingerprint density at radius 1 is 1.05 bits per heavy atom. The van der Waals surface area contributed by atoms with Crippen molar-refractivity contribution in [3.05, 3.63) is 71.0 Å². The normalized spacial score (nSPS) is 12.5. The van der Waals surface area contributed by atoms with Crippen molar-refractivity contribution in [2.75, 3.05) is 0 Å². The molecule has 3 aromatic rings. The second-order valence-electron chi connectivity index (χ2n) is 5.52. The minimum atomic E-state index is -0.136. The number of benzene rings is 2. The second-order valence-corrected chi connectivity index (χ2v) is 5.52. The molecule has 1 heterocycles. The largest absolute Gasteiger partial charge is 0.322 e. The number of aryl methyl sites for hydroxylation is 2. The lowest BCUT2D eigenvalue weighted by molar-refractivity contribution is 0.693. The molecule has 1 unspecified atom stereocenters. The van der Waals surface area contributed by atoms with Gasteiger partial charge in [-0.15, -0.1) is 0 Å². The van der Waals surface area contributed by atoms with Gasteiger partial charge >= 0.3 is 0 Å². The van der Waals surface area contributed by atoms with Crippen LogP contribution in [-0.2, 0) is 6.42 Å². The van der Waals surface area contributed by atoms with Crippen LogP contribution in [0.2, 0.25) is 0 Å². The van der Waals surface area contributed by atoms with Crippen LogP contribution in [0.1, 0.15) is 28.4 Å². The summed E-state index contributed by atoms with van der Waals surface area (Å²) >= 11 is 0. The lowest BCUT2D eigenvalue weighted by atomic mass is 9.98. The predicted molar refractivity (Wildman–Crippen MR) is 86.1 cm³/mol. The van der Waals surface area contributed by atoms with Crippen LogP contribution in [0.3, 0.4) is 0 Å². The Hall–Kier alpha value is -2.26. The minimum Gasteiger partial charge on any atom is -0.322 e. The van der Waals surface area contributed by atoms with Crippen LogP contribution in [0.4, 0.5) is 0 Å². The Bertz CT molecular complexity index is 780. The fourth-order valence-electron chi connectivity index (χ4n) is 2.51. The third kappa shape index (κ3) is 2.93. The van der Waals surface area contributed by atoms with Crippen molar-refractivity contribution >= 4 is 11.0 Å². The number of para-hydroxylation sites is 2. The number of aromatic nitrogens is 2. The minimum absolute atomic E-state index is 0.136. The third-order valence-electron chi connectivity index (χ3n) is 3.79. The first-order valence-corrected chi connectivity index (χ1v) is 7.17. The zero-order chi connectivity index (χ0) is 14.8. The van der Waals surface area contributed by atoms with Crippen molar-refractivity contribution < 1.29 is 0 Å². The van der Waals surface area contributed by atoms with E-state index < -0.39 is 0 Å². The Kier molecular flexibility index (Phi) is 3.67. The molecule has 2 aromatic carbocycles. The Balaban J connectivity index is 1.89. The van der Waals surface area contributed by atoms with E-state index in [1.165, 1.54) is 16.7 Å². The highest BCUT2D eigenvalue weighted by Crippen LogP contribution is 2.19. The SMILES string of the molecule is Cc1ccc(C)c(CC(N)c2cnc3ccccc3n2)c1. The summed E-state index contributed by atoms with van der Waals surface area (Å²) < 4.78 is 0. The number of nitrogens with two attached hydrogens (primary N) is 1. The van der Waals surface area contributed by atoms with Crippen molar-refractivity contribution in [1.82, 2.24) is 9.97 Å². The van der Waals surface area contributed by atoms with Gasteiger partial charge in [0.25, 0.3) is 0 Å². The molecule has 21 heavy (non-hydrogen) atoms. The van der Waals surface area contributed by atoms with Gasteiger partial charge < -0.3 is 5.73 Å². The van der Waals surface area contributed by atoms with Gasteiger partial charge in [0.1, 0.15) is 0 Å². The zero-order valence-electron chi connectivity index (χ0n) is 12.4. The number of hydrogen-bond acceptors (Lipinski definition) is 3. The first kappa shape index (κ1) is 13.7. The van der Waals surface area contributed by atoms with E-state index in [2.05, 4.69) is 42.0 Å². The van der Waals surface area contributed by atoms with Gasteiger partial charge in [0.2, 0.25) is 0 Å². The highest BCUT2D eigenvalue weighted by Gasteiger charge is 2.11. The molecule has 0 aliphatic carbocycles. The van der Waals surface area contributed by atoms with Crippen molar-refractivity contribution in [2.45, 2.75) is 26.3 Å². The van der Waals surface area contributed by atoms with Crippen LogP contribution in [0.15, 0.2) is 48.7 Å². The van der Waals surface area contributed by atoms with Crippen LogP contribution in [0, 0.1) is 13.8 Å². The molecule has 3 nitrogen and oxygen atoms in total. The monoisotopic (exact) mass is 277 g/mol. The highest BCUT2D eigenvalue weighted by molar-refractivity contribution is 5.73. The van der Waals surface area contributed by atoms with Crippen LogP contribution >= 0.6 is 0 Å². The quantitative estimate of drug-likeness (QED) is 0.797. The van der Waals surface area contributed by atoms with Crippen LogP contribution in [0.25, 0.3) is 11.0 Å². The van der Waals surface area contributed by atoms with Gasteiger partial charge in [0.15, 0.2) is 0 Å². The van der Waals surface area contributed by atoms with Gasteiger partial charge in [-0.05, 0) is 43.5 Å². The van der Waals surface area contributed by atoms with Crippen LogP contribution in [-0.4, -0.2) is 9.97 Å². The van der Waals surface area contributed by atoms with E-state index in [1.807, 2.05) is 24.3 Å². The lowest BCUT2D eigenvalue weighted by Gasteiger charge is -2.14. The summed E-state index contributed by atoms with van der Waals surface area (Å²) in [6.07, 6.45) is 2.57. The van der Waals surface area contributed by atoms with Crippen LogP contribution in [0.5, 0.6) is 0 Å². The van der Waals surface area contributed by atoms with Gasteiger partial charge in [-0.2, -0.15) is 0 Å². The van der Waals surface area contributed by atoms with E-state index in [0.29, 0.717) is 0 Å². The molecule has 3 rings (SSSR count). The second kappa shape index (κ2) is 5.62. The molecule has 1 atom stereocenters. The molecule has 1 aromatic heterocycles. The predicted octanol–water partition coefficient (Wildman–Crippen LogP) is 3.49. The van der Waals surface area contributed by atoms with Gasteiger partial charge in [0.05, 0.1) is 29.0 Å². The van der Waals surface area contributed by atoms with Crippen LogP contribution < -0.4 is 5.73 Å². The number of rotatable bonds is 3. The third-order valence-corrected chi connectivity index (χ3v) is 3.79. The number of hydrogen-bond donors (Lipinski definition) is 1. The Labute approximate surface area is 124 Å². The van der Waals surface area contributed by atoms with Crippen molar-refractivity contribution in [3.63, 3.8) is 0 Å². The maximum atomic E-state index is 6.33. The molecule has 2 N–H and O–H groups in total. The Morgan fingerprint density at radius 3 is 2.62 bits per heavy atom. The van der Waals surface area contributed by atoms with E-state index in [-0.39, 0.29) is 6.04 Å². The van der Waals surface area contributed by atoms with E-state index in [1.54, 1.807) is 6.20 Å². The van der Waals surface area contributed by atoms with Crippen molar-refractivity contribution in [2.24, 2.45) is 5.73 Å².